The molecule has 0 aromatic heterocycles. The van der Waals surface area contributed by atoms with Crippen molar-refractivity contribution in [3.05, 3.63) is 18.1 Å². The third-order valence-corrected chi connectivity index (χ3v) is 1.45. The number of ketones is 1. The van der Waals surface area contributed by atoms with Crippen LogP contribution in [0.4, 0.5) is 0 Å². The number of carbonyl (C=O) groups excluding carboxylic acids is 2. The summed E-state index contributed by atoms with van der Waals surface area (Å²) in [5.41, 5.74) is 2.70. The molecule has 0 radical (unpaired) electrons. The van der Waals surface area contributed by atoms with Gasteiger partial charge >= 0.3 is 5.91 Å². The fourth-order valence-electron chi connectivity index (χ4n) is 0.966. The van der Waals surface area contributed by atoms with Crippen LogP contribution in [0.15, 0.2) is 18.1 Å². The Morgan fingerprint density at radius 2 is 2.20 bits per heavy atom. The molecule has 10 heavy (non-hydrogen) atoms. The lowest BCUT2D eigenvalue weighted by atomic mass is 10.4. The highest BCUT2D eigenvalue weighted by Crippen LogP contribution is 2.13. The van der Waals surface area contributed by atoms with E-state index in [4.69, 9.17) is 0 Å². The van der Waals surface area contributed by atoms with Gasteiger partial charge < -0.3 is 0 Å². The summed E-state index contributed by atoms with van der Waals surface area (Å²) < 4.78 is 0. The third-order valence-electron chi connectivity index (χ3n) is 1.45. The van der Waals surface area contributed by atoms with Crippen molar-refractivity contribution in [2.45, 2.75) is 0 Å². The highest BCUT2D eigenvalue weighted by atomic mass is 16.2. The van der Waals surface area contributed by atoms with Crippen molar-refractivity contribution < 1.29 is 9.59 Å². The molecule has 2 heterocycles. The van der Waals surface area contributed by atoms with Gasteiger partial charge in [0.05, 0.1) is 12.4 Å². The molecule has 0 spiro atoms. The van der Waals surface area contributed by atoms with Crippen LogP contribution in [0.3, 0.4) is 0 Å². The van der Waals surface area contributed by atoms with Gasteiger partial charge in [-0.15, -0.1) is 0 Å². The van der Waals surface area contributed by atoms with Crippen molar-refractivity contribution >= 4 is 11.7 Å². The highest BCUT2D eigenvalue weighted by molar-refractivity contribution is 6.38. The van der Waals surface area contributed by atoms with Gasteiger partial charge in [0, 0.05) is 0 Å². The second-order valence-electron chi connectivity index (χ2n) is 2.10. The molecule has 2 aliphatic heterocycles. The van der Waals surface area contributed by atoms with Gasteiger partial charge in [0.25, 0.3) is 0 Å². The molecule has 0 N–H and O–H groups in total. The van der Waals surface area contributed by atoms with Gasteiger partial charge in [0.15, 0.2) is 0 Å². The van der Waals surface area contributed by atoms with E-state index in [9.17, 15) is 9.59 Å². The van der Waals surface area contributed by atoms with E-state index in [2.05, 4.69) is 5.73 Å². The van der Waals surface area contributed by atoms with Crippen LogP contribution in [0.5, 0.6) is 0 Å². The van der Waals surface area contributed by atoms with E-state index in [1.807, 2.05) is 0 Å². The molecule has 2 rings (SSSR count). The smallest absolute Gasteiger partial charge is 0.286 e. The van der Waals surface area contributed by atoms with Crippen molar-refractivity contribution in [3.8, 4) is 0 Å². The van der Waals surface area contributed by atoms with Crippen molar-refractivity contribution in [1.82, 2.24) is 10.0 Å². The Labute approximate surface area is 57.0 Å². The average molecular weight is 136 g/mol. The quantitative estimate of drug-likeness (QED) is 0.325. The maximum Gasteiger partial charge on any atom is 0.315 e. The fourth-order valence-corrected chi connectivity index (χ4v) is 0.966. The van der Waals surface area contributed by atoms with Crippen molar-refractivity contribution in [1.29, 1.82) is 0 Å². The van der Waals surface area contributed by atoms with Crippen LogP contribution in [-0.4, -0.2) is 28.3 Å². The van der Waals surface area contributed by atoms with E-state index >= 15 is 0 Å². The van der Waals surface area contributed by atoms with Crippen molar-refractivity contribution in [2.75, 3.05) is 6.54 Å². The summed E-state index contributed by atoms with van der Waals surface area (Å²) in [6.07, 6.45) is 3.02. The van der Waals surface area contributed by atoms with Crippen LogP contribution >= 0.6 is 0 Å². The van der Waals surface area contributed by atoms with Gasteiger partial charge in [-0.25, -0.2) is 5.01 Å². The summed E-state index contributed by atoms with van der Waals surface area (Å²) in [6, 6.07) is 0. The SMILES string of the molecule is O=C1CN2C=C=CN2C1=O. The third kappa shape index (κ3) is 0.460. The van der Waals surface area contributed by atoms with Crippen molar-refractivity contribution in [2.24, 2.45) is 0 Å². The van der Waals surface area contributed by atoms with Gasteiger partial charge in [-0.2, -0.15) is 0 Å². The maximum absolute atomic E-state index is 10.8. The molecule has 0 unspecified atom stereocenters. The maximum atomic E-state index is 10.8. The molecule has 4 heteroatoms. The number of hydrogen-bond acceptors (Lipinski definition) is 3. The first-order valence-electron chi connectivity index (χ1n) is 2.85. The molecule has 0 aromatic rings. The Morgan fingerprint density at radius 1 is 1.40 bits per heavy atom. The average Bonchev–Trinajstić information content (AvgIpc) is 2.41. The highest BCUT2D eigenvalue weighted by Gasteiger charge is 2.35. The zero-order chi connectivity index (χ0) is 7.14. The van der Waals surface area contributed by atoms with E-state index in [0.29, 0.717) is 0 Å². The minimum atomic E-state index is -0.471. The summed E-state index contributed by atoms with van der Waals surface area (Å²) in [5.74, 6) is -0.838. The van der Waals surface area contributed by atoms with Crippen LogP contribution in [0.1, 0.15) is 0 Å². The molecule has 0 bridgehead atoms. The van der Waals surface area contributed by atoms with Crippen LogP contribution in [0, 0.1) is 0 Å². The van der Waals surface area contributed by atoms with Crippen LogP contribution < -0.4 is 0 Å². The topological polar surface area (TPSA) is 40.6 Å². The second kappa shape index (κ2) is 1.49. The Hall–Kier alpha value is -1.54. The normalized spacial score (nSPS) is 21.2. The van der Waals surface area contributed by atoms with Gasteiger partial charge in [-0.05, 0) is 0 Å². The monoisotopic (exact) mass is 136 g/mol. The number of hydrogen-bond donors (Lipinski definition) is 0. The Morgan fingerprint density at radius 3 is 2.90 bits per heavy atom. The number of fused-ring (bicyclic) bond motifs is 1. The molecule has 1 fully saturated rings. The van der Waals surface area contributed by atoms with Gasteiger partial charge in [0.1, 0.15) is 6.54 Å². The first-order valence-corrected chi connectivity index (χ1v) is 2.85. The number of amides is 1. The van der Waals surface area contributed by atoms with E-state index in [0.717, 1.165) is 0 Å². The molecule has 4 nitrogen and oxygen atoms in total. The van der Waals surface area contributed by atoms with E-state index in [1.165, 1.54) is 16.2 Å². The van der Waals surface area contributed by atoms with E-state index < -0.39 is 5.91 Å². The van der Waals surface area contributed by atoms with Gasteiger partial charge in [-0.1, -0.05) is 5.73 Å². The first-order chi connectivity index (χ1) is 4.79. The second-order valence-corrected chi connectivity index (χ2v) is 2.10. The summed E-state index contributed by atoms with van der Waals surface area (Å²) >= 11 is 0. The number of nitrogens with zero attached hydrogens (tertiary/aromatic N) is 2. The number of carbonyl (C=O) groups is 2. The largest absolute Gasteiger partial charge is 0.315 e. The lowest BCUT2D eigenvalue weighted by Crippen LogP contribution is -2.27. The molecule has 0 atom stereocenters. The summed E-state index contributed by atoms with van der Waals surface area (Å²) in [6.45, 7) is 0.155. The predicted octanol–water partition coefficient (Wildman–Crippen LogP) is -0.745. The molecule has 0 aliphatic carbocycles. The predicted molar refractivity (Wildman–Crippen MR) is 31.2 cm³/mol. The molecule has 1 amide bonds. The molecular formula is C6H4N2O2. The van der Waals surface area contributed by atoms with Gasteiger partial charge in [-0.3, -0.25) is 14.6 Å². The summed E-state index contributed by atoms with van der Waals surface area (Å²) in [7, 11) is 0. The molecule has 0 saturated carbocycles. The lowest BCUT2D eigenvalue weighted by Gasteiger charge is -2.14. The standard InChI is InChI=1S/C6H4N2O2/c9-5-4-7-2-1-3-8(7)6(5)10/h2-3H,4H2. The summed E-state index contributed by atoms with van der Waals surface area (Å²) in [4.78, 5) is 21.5. The molecule has 1 saturated heterocycles. The van der Waals surface area contributed by atoms with Crippen LogP contribution in [-0.2, 0) is 9.59 Å². The lowest BCUT2D eigenvalue weighted by molar-refractivity contribution is -0.140. The molecule has 0 aromatic carbocycles. The van der Waals surface area contributed by atoms with Crippen LogP contribution in [0.25, 0.3) is 0 Å². The van der Waals surface area contributed by atoms with E-state index in [-0.39, 0.29) is 12.3 Å². The summed E-state index contributed by atoms with van der Waals surface area (Å²) in [5, 5.41) is 2.77. The molecule has 2 aliphatic rings. The van der Waals surface area contributed by atoms with E-state index in [1.54, 1.807) is 6.20 Å². The molecular weight excluding hydrogens is 132 g/mol. The Bertz CT molecular complexity index is 275. The minimum Gasteiger partial charge on any atom is -0.286 e. The molecule has 50 valence electrons. The Balaban J connectivity index is 2.36. The zero-order valence-corrected chi connectivity index (χ0v) is 5.07. The van der Waals surface area contributed by atoms with Crippen LogP contribution in [0.2, 0.25) is 0 Å². The fraction of sp³-hybridized carbons (Fsp3) is 0.167. The Kier molecular flexibility index (Phi) is 0.783. The first kappa shape index (κ1) is 5.26. The number of rotatable bonds is 0. The number of Topliss-reactive ketones (excluding diaryl/α,β-unsaturated/α-hetero) is 1. The minimum absolute atomic E-state index is 0.155. The zero-order valence-electron chi connectivity index (χ0n) is 5.07. The number of hydrazine groups is 1. The van der Waals surface area contributed by atoms with Crippen molar-refractivity contribution in [3.63, 3.8) is 0 Å². The van der Waals surface area contributed by atoms with Gasteiger partial charge in [0.2, 0.25) is 5.78 Å².